The molecular formula is C14H9F6S2+. The third-order valence-electron chi connectivity index (χ3n) is 2.50. The maximum Gasteiger partial charge on any atom is 0.586 e. The normalized spacial score (nSPS) is 13.9. The molecule has 0 radical (unpaired) electrons. The molecule has 0 saturated heterocycles. The molecular weight excluding hydrogens is 346 g/mol. The molecule has 2 aromatic carbocycles. The molecule has 0 nitrogen and oxygen atoms in total. The summed E-state index contributed by atoms with van der Waals surface area (Å²) < 4.78 is 76.6. The number of hydrogen-bond donors (Lipinski definition) is 0. The highest BCUT2D eigenvalue weighted by atomic mass is 32.2. The van der Waals surface area contributed by atoms with E-state index in [1.54, 1.807) is 6.07 Å². The van der Waals surface area contributed by atoms with Gasteiger partial charge in [0.25, 0.3) is 0 Å². The van der Waals surface area contributed by atoms with Gasteiger partial charge in [-0.1, -0.05) is 18.2 Å². The van der Waals surface area contributed by atoms with Crippen LogP contribution in [-0.4, -0.2) is 11.0 Å². The van der Waals surface area contributed by atoms with Crippen molar-refractivity contribution in [2.75, 3.05) is 0 Å². The van der Waals surface area contributed by atoms with Gasteiger partial charge in [0, 0.05) is 4.90 Å². The van der Waals surface area contributed by atoms with Crippen molar-refractivity contribution in [1.29, 1.82) is 0 Å². The molecule has 0 aromatic heterocycles. The molecule has 0 bridgehead atoms. The van der Waals surface area contributed by atoms with E-state index in [0.29, 0.717) is 0 Å². The van der Waals surface area contributed by atoms with Crippen molar-refractivity contribution in [3.8, 4) is 0 Å². The monoisotopic (exact) mass is 355 g/mol. The number of alkyl halides is 6. The Morgan fingerprint density at radius 2 is 1.18 bits per heavy atom. The summed E-state index contributed by atoms with van der Waals surface area (Å²) in [4.78, 5) is -0.133. The van der Waals surface area contributed by atoms with Crippen molar-refractivity contribution in [3.05, 3.63) is 54.6 Å². The fraction of sp³-hybridized carbons (Fsp3) is 0.143. The summed E-state index contributed by atoms with van der Waals surface area (Å²) in [5.41, 5.74) is -8.97. The molecule has 118 valence electrons. The van der Waals surface area contributed by atoms with Gasteiger partial charge in [0.2, 0.25) is 0 Å². The molecule has 1 atom stereocenters. The number of hydrogen-bond acceptors (Lipinski definition) is 1. The molecule has 0 spiro atoms. The zero-order valence-electron chi connectivity index (χ0n) is 10.8. The van der Waals surface area contributed by atoms with E-state index in [1.807, 2.05) is 0 Å². The van der Waals surface area contributed by atoms with Crippen LogP contribution in [0.2, 0.25) is 0 Å². The second-order valence-electron chi connectivity index (χ2n) is 4.08. The van der Waals surface area contributed by atoms with Gasteiger partial charge in [-0.05, 0) is 48.2 Å². The van der Waals surface area contributed by atoms with Crippen LogP contribution in [0.25, 0.3) is 0 Å². The molecule has 8 heteroatoms. The minimum absolute atomic E-state index is 0.0646. The van der Waals surface area contributed by atoms with Crippen molar-refractivity contribution < 1.29 is 26.3 Å². The van der Waals surface area contributed by atoms with Gasteiger partial charge < -0.3 is 0 Å². The van der Waals surface area contributed by atoms with Crippen molar-refractivity contribution in [1.82, 2.24) is 0 Å². The van der Waals surface area contributed by atoms with Crippen LogP contribution in [0.15, 0.2) is 69.3 Å². The first-order valence-electron chi connectivity index (χ1n) is 5.89. The predicted molar refractivity (Wildman–Crippen MR) is 74.7 cm³/mol. The van der Waals surface area contributed by atoms with Crippen LogP contribution in [0.5, 0.6) is 0 Å². The van der Waals surface area contributed by atoms with Crippen LogP contribution in [-0.2, 0) is 10.9 Å². The Balaban J connectivity index is 2.34. The van der Waals surface area contributed by atoms with Gasteiger partial charge >= 0.3 is 11.0 Å². The summed E-state index contributed by atoms with van der Waals surface area (Å²) >= 11 is -0.354. The van der Waals surface area contributed by atoms with Crippen molar-refractivity contribution in [3.63, 3.8) is 0 Å². The summed E-state index contributed by atoms with van der Waals surface area (Å²) in [5, 5.41) is 0. The average molecular weight is 355 g/mol. The topological polar surface area (TPSA) is 0 Å². The smallest absolute Gasteiger partial charge is 0.160 e. The Morgan fingerprint density at radius 1 is 0.682 bits per heavy atom. The summed E-state index contributed by atoms with van der Waals surface area (Å²) in [6, 6.07) is 11.6. The van der Waals surface area contributed by atoms with E-state index >= 15 is 0 Å². The molecule has 1 unspecified atom stereocenters. The quantitative estimate of drug-likeness (QED) is 0.378. The Kier molecular flexibility index (Phi) is 5.01. The molecule has 22 heavy (non-hydrogen) atoms. The third kappa shape index (κ3) is 4.61. The maximum atomic E-state index is 13.3. The predicted octanol–water partition coefficient (Wildman–Crippen LogP) is 5.85. The Bertz CT molecular complexity index is 604. The van der Waals surface area contributed by atoms with E-state index in [9.17, 15) is 26.3 Å². The van der Waals surface area contributed by atoms with Gasteiger partial charge in [0.1, 0.15) is 0 Å². The van der Waals surface area contributed by atoms with Crippen molar-refractivity contribution >= 4 is 22.7 Å². The summed E-state index contributed by atoms with van der Waals surface area (Å²) in [5.74, 6) is 0. The first-order valence-corrected chi connectivity index (χ1v) is 7.93. The highest BCUT2D eigenvalue weighted by Crippen LogP contribution is 2.40. The molecule has 0 fully saturated rings. The second kappa shape index (κ2) is 6.45. The van der Waals surface area contributed by atoms with Crippen LogP contribution in [0.3, 0.4) is 0 Å². The van der Waals surface area contributed by atoms with E-state index in [1.165, 1.54) is 24.3 Å². The van der Waals surface area contributed by atoms with E-state index < -0.39 is 21.9 Å². The van der Waals surface area contributed by atoms with Crippen molar-refractivity contribution in [2.45, 2.75) is 25.7 Å². The van der Waals surface area contributed by atoms with Gasteiger partial charge in [-0.3, -0.25) is 0 Å². The van der Waals surface area contributed by atoms with Crippen LogP contribution in [0.1, 0.15) is 0 Å². The summed E-state index contributed by atoms with van der Waals surface area (Å²) in [7, 11) is -2.19. The molecule has 0 aliphatic heterocycles. The molecule has 2 rings (SSSR count). The van der Waals surface area contributed by atoms with Crippen LogP contribution in [0.4, 0.5) is 26.3 Å². The zero-order valence-corrected chi connectivity index (χ0v) is 12.4. The number of benzene rings is 2. The number of rotatable bonds is 3. The lowest BCUT2D eigenvalue weighted by Crippen LogP contribution is -2.24. The van der Waals surface area contributed by atoms with Gasteiger partial charge in [-0.2, -0.15) is 13.2 Å². The Labute approximate surface area is 129 Å². The fourth-order valence-corrected chi connectivity index (χ4v) is 3.92. The van der Waals surface area contributed by atoms with Gasteiger partial charge in [0.15, 0.2) is 20.7 Å². The Morgan fingerprint density at radius 3 is 1.64 bits per heavy atom. The van der Waals surface area contributed by atoms with Crippen LogP contribution >= 0.6 is 11.8 Å². The van der Waals surface area contributed by atoms with Crippen molar-refractivity contribution in [2.24, 2.45) is 0 Å². The lowest BCUT2D eigenvalue weighted by atomic mass is 10.4. The highest BCUT2D eigenvalue weighted by molar-refractivity contribution is 8.00. The molecule has 0 aliphatic carbocycles. The number of thioether (sulfide) groups is 1. The third-order valence-corrected chi connectivity index (χ3v) is 5.19. The van der Waals surface area contributed by atoms with E-state index in [-0.39, 0.29) is 26.4 Å². The average Bonchev–Trinajstić information content (AvgIpc) is 2.39. The summed E-state index contributed by atoms with van der Waals surface area (Å²) in [6.07, 6.45) is 0. The van der Waals surface area contributed by atoms with Gasteiger partial charge in [-0.25, -0.2) is 0 Å². The van der Waals surface area contributed by atoms with E-state index in [0.717, 1.165) is 24.3 Å². The summed E-state index contributed by atoms with van der Waals surface area (Å²) in [6.45, 7) is 0. The molecule has 0 aliphatic rings. The minimum atomic E-state index is -4.50. The maximum absolute atomic E-state index is 13.3. The first kappa shape index (κ1) is 17.1. The van der Waals surface area contributed by atoms with Gasteiger partial charge in [0.05, 0.1) is 0 Å². The molecule has 0 N–H and O–H groups in total. The lowest BCUT2D eigenvalue weighted by Gasteiger charge is -2.11. The van der Waals surface area contributed by atoms with E-state index in [2.05, 4.69) is 0 Å². The fourth-order valence-electron chi connectivity index (χ4n) is 1.74. The first-order chi connectivity index (χ1) is 10.2. The molecule has 0 heterocycles. The molecule has 0 saturated carbocycles. The van der Waals surface area contributed by atoms with Crippen LogP contribution in [0, 0.1) is 0 Å². The molecule has 0 amide bonds. The minimum Gasteiger partial charge on any atom is -0.160 e. The van der Waals surface area contributed by atoms with Gasteiger partial charge in [-0.15, -0.1) is 13.2 Å². The SMILES string of the molecule is FC(F)(F)Sc1ccc([S+](c2ccccc2)C(F)(F)F)cc1. The number of halogens is 6. The zero-order chi connectivity index (χ0) is 16.4. The Hall–Kier alpha value is -1.28. The second-order valence-corrected chi connectivity index (χ2v) is 7.24. The highest BCUT2D eigenvalue weighted by Gasteiger charge is 2.54. The molecule has 2 aromatic rings. The largest absolute Gasteiger partial charge is 0.586 e. The van der Waals surface area contributed by atoms with Crippen LogP contribution < -0.4 is 0 Å². The standard InChI is InChI=1S/C14H9F6S2/c15-13(16,17)21-10-6-8-12(9-7-10)22(14(18,19)20)11-4-2-1-3-5-11/h1-9H/q+1. The van der Waals surface area contributed by atoms with E-state index in [4.69, 9.17) is 0 Å². The lowest BCUT2D eigenvalue weighted by molar-refractivity contribution is -0.0373.